The molecule has 0 amide bonds. The van der Waals surface area contributed by atoms with Gasteiger partial charge in [0, 0.05) is 18.8 Å². The Morgan fingerprint density at radius 2 is 1.56 bits per heavy atom. The van der Waals surface area contributed by atoms with Crippen LogP contribution < -0.4 is 0 Å². The van der Waals surface area contributed by atoms with E-state index in [2.05, 4.69) is 43.1 Å². The van der Waals surface area contributed by atoms with Crippen LogP contribution in [0.3, 0.4) is 0 Å². The average Bonchev–Trinajstić information content (AvgIpc) is 2.40. The summed E-state index contributed by atoms with van der Waals surface area (Å²) in [7, 11) is 0. The minimum atomic E-state index is -0.460. The van der Waals surface area contributed by atoms with Crippen molar-refractivity contribution in [3.8, 4) is 0 Å². The number of hydrogen-bond acceptors (Lipinski definition) is 2. The molecule has 0 saturated carbocycles. The molecule has 1 unspecified atom stereocenters. The summed E-state index contributed by atoms with van der Waals surface area (Å²) >= 11 is 0. The Labute approximate surface area is 108 Å². The molecule has 0 radical (unpaired) electrons. The molecular weight excluding hydrogens is 222 g/mol. The number of hydrogen-bond donors (Lipinski definition) is 1. The van der Waals surface area contributed by atoms with Gasteiger partial charge in [-0.2, -0.15) is 0 Å². The molecule has 0 spiro atoms. The zero-order chi connectivity index (χ0) is 13.0. The summed E-state index contributed by atoms with van der Waals surface area (Å²) in [6.07, 6.45) is 3.60. The second-order valence-electron chi connectivity index (χ2n) is 4.90. The molecule has 94 valence electrons. The van der Waals surface area contributed by atoms with Crippen LogP contribution in [-0.4, -0.2) is 10.1 Å². The molecule has 1 N–H and O–H groups in total. The Kier molecular flexibility index (Phi) is 4.11. The van der Waals surface area contributed by atoms with Gasteiger partial charge in [0.1, 0.15) is 0 Å². The highest BCUT2D eigenvalue weighted by atomic mass is 16.3. The predicted octanol–water partition coefficient (Wildman–Crippen LogP) is 3.48. The summed E-state index contributed by atoms with van der Waals surface area (Å²) in [6.45, 7) is 4.36. The first-order valence-corrected chi connectivity index (χ1v) is 6.33. The van der Waals surface area contributed by atoms with Crippen LogP contribution in [0.5, 0.6) is 0 Å². The topological polar surface area (TPSA) is 33.1 Å². The fourth-order valence-corrected chi connectivity index (χ4v) is 1.97. The van der Waals surface area contributed by atoms with Gasteiger partial charge < -0.3 is 5.11 Å². The molecule has 1 aromatic heterocycles. The molecule has 2 nitrogen and oxygen atoms in total. The lowest BCUT2D eigenvalue weighted by Crippen LogP contribution is -2.02. The van der Waals surface area contributed by atoms with E-state index in [-0.39, 0.29) is 0 Å². The molecule has 1 atom stereocenters. The zero-order valence-corrected chi connectivity index (χ0v) is 10.9. The standard InChI is InChI=1S/C16H19NO/c1-12(2)14-5-3-13(4-6-14)11-16(18)15-7-9-17-10-8-15/h3-10,12,16,18H,11H2,1-2H3. The highest BCUT2D eigenvalue weighted by Gasteiger charge is 2.08. The van der Waals surface area contributed by atoms with Gasteiger partial charge in [0.2, 0.25) is 0 Å². The maximum absolute atomic E-state index is 10.1. The molecule has 0 aliphatic rings. The van der Waals surface area contributed by atoms with E-state index in [1.165, 1.54) is 5.56 Å². The van der Waals surface area contributed by atoms with Crippen molar-refractivity contribution in [2.75, 3.05) is 0 Å². The van der Waals surface area contributed by atoms with Gasteiger partial charge in [-0.15, -0.1) is 0 Å². The van der Waals surface area contributed by atoms with Crippen LogP contribution in [0.4, 0.5) is 0 Å². The van der Waals surface area contributed by atoms with E-state index in [0.717, 1.165) is 11.1 Å². The zero-order valence-electron chi connectivity index (χ0n) is 10.9. The summed E-state index contributed by atoms with van der Waals surface area (Å²) in [5.41, 5.74) is 3.40. The Morgan fingerprint density at radius 3 is 2.11 bits per heavy atom. The number of nitrogens with zero attached hydrogens (tertiary/aromatic N) is 1. The maximum atomic E-state index is 10.1. The van der Waals surface area contributed by atoms with Gasteiger partial charge in [-0.25, -0.2) is 0 Å². The molecule has 2 heteroatoms. The van der Waals surface area contributed by atoms with Gasteiger partial charge in [0.25, 0.3) is 0 Å². The second-order valence-corrected chi connectivity index (χ2v) is 4.90. The lowest BCUT2D eigenvalue weighted by atomic mass is 9.98. The number of aliphatic hydroxyl groups is 1. The monoisotopic (exact) mass is 241 g/mol. The fraction of sp³-hybridized carbons (Fsp3) is 0.312. The lowest BCUT2D eigenvalue weighted by molar-refractivity contribution is 0.178. The Bertz CT molecular complexity index is 476. The Morgan fingerprint density at radius 1 is 0.944 bits per heavy atom. The molecule has 1 heterocycles. The van der Waals surface area contributed by atoms with Crippen molar-refractivity contribution in [2.45, 2.75) is 32.3 Å². The van der Waals surface area contributed by atoms with Crippen LogP contribution in [0.25, 0.3) is 0 Å². The molecule has 2 rings (SSSR count). The van der Waals surface area contributed by atoms with Gasteiger partial charge in [0.15, 0.2) is 0 Å². The molecular formula is C16H19NO. The molecule has 2 aromatic rings. The first-order valence-electron chi connectivity index (χ1n) is 6.33. The minimum Gasteiger partial charge on any atom is -0.388 e. The van der Waals surface area contributed by atoms with Gasteiger partial charge in [0.05, 0.1) is 6.10 Å². The summed E-state index contributed by atoms with van der Waals surface area (Å²) in [6, 6.07) is 12.2. The van der Waals surface area contributed by atoms with Crippen LogP contribution in [-0.2, 0) is 6.42 Å². The largest absolute Gasteiger partial charge is 0.388 e. The third-order valence-corrected chi connectivity index (χ3v) is 3.17. The van der Waals surface area contributed by atoms with E-state index >= 15 is 0 Å². The summed E-state index contributed by atoms with van der Waals surface area (Å²) in [5, 5.41) is 10.1. The van der Waals surface area contributed by atoms with E-state index in [1.54, 1.807) is 12.4 Å². The van der Waals surface area contributed by atoms with Crippen molar-refractivity contribution in [1.82, 2.24) is 4.98 Å². The third kappa shape index (κ3) is 3.17. The van der Waals surface area contributed by atoms with Crippen LogP contribution in [0, 0.1) is 0 Å². The smallest absolute Gasteiger partial charge is 0.0831 e. The Hall–Kier alpha value is -1.67. The molecule has 1 aromatic carbocycles. The number of aliphatic hydroxyl groups excluding tert-OH is 1. The minimum absolute atomic E-state index is 0.460. The number of rotatable bonds is 4. The van der Waals surface area contributed by atoms with Crippen LogP contribution in [0.1, 0.15) is 42.6 Å². The number of aromatic nitrogens is 1. The molecule has 0 fully saturated rings. The number of pyridine rings is 1. The van der Waals surface area contributed by atoms with Crippen molar-refractivity contribution in [2.24, 2.45) is 0 Å². The van der Waals surface area contributed by atoms with E-state index in [9.17, 15) is 5.11 Å². The first-order chi connectivity index (χ1) is 8.66. The quantitative estimate of drug-likeness (QED) is 0.889. The van der Waals surface area contributed by atoms with Crippen LogP contribution in [0.15, 0.2) is 48.8 Å². The third-order valence-electron chi connectivity index (χ3n) is 3.17. The first kappa shape index (κ1) is 12.8. The molecule has 0 bridgehead atoms. The van der Waals surface area contributed by atoms with Crippen molar-refractivity contribution < 1.29 is 5.11 Å². The normalized spacial score (nSPS) is 12.7. The molecule has 0 aliphatic heterocycles. The average molecular weight is 241 g/mol. The highest BCUT2D eigenvalue weighted by Crippen LogP contribution is 2.20. The van der Waals surface area contributed by atoms with E-state index in [4.69, 9.17) is 0 Å². The highest BCUT2D eigenvalue weighted by molar-refractivity contribution is 5.26. The van der Waals surface area contributed by atoms with Crippen molar-refractivity contribution in [3.05, 3.63) is 65.5 Å². The van der Waals surface area contributed by atoms with Gasteiger partial charge in [-0.1, -0.05) is 38.1 Å². The molecule has 18 heavy (non-hydrogen) atoms. The van der Waals surface area contributed by atoms with Crippen LogP contribution >= 0.6 is 0 Å². The number of benzene rings is 1. The summed E-state index contributed by atoms with van der Waals surface area (Å²) in [4.78, 5) is 3.95. The predicted molar refractivity (Wildman–Crippen MR) is 73.4 cm³/mol. The van der Waals surface area contributed by atoms with Crippen molar-refractivity contribution in [1.29, 1.82) is 0 Å². The second kappa shape index (κ2) is 5.78. The Balaban J connectivity index is 2.05. The van der Waals surface area contributed by atoms with Gasteiger partial charge in [-0.3, -0.25) is 4.98 Å². The maximum Gasteiger partial charge on any atom is 0.0831 e. The molecule has 0 saturated heterocycles. The fourth-order valence-electron chi connectivity index (χ4n) is 1.97. The van der Waals surface area contributed by atoms with Crippen LogP contribution in [0.2, 0.25) is 0 Å². The van der Waals surface area contributed by atoms with E-state index in [1.807, 2.05) is 12.1 Å². The van der Waals surface area contributed by atoms with Gasteiger partial charge in [-0.05, 0) is 34.7 Å². The summed E-state index contributed by atoms with van der Waals surface area (Å²) < 4.78 is 0. The van der Waals surface area contributed by atoms with Crippen molar-refractivity contribution in [3.63, 3.8) is 0 Å². The van der Waals surface area contributed by atoms with Crippen molar-refractivity contribution >= 4 is 0 Å². The van der Waals surface area contributed by atoms with E-state index < -0.39 is 6.10 Å². The lowest BCUT2D eigenvalue weighted by Gasteiger charge is -2.12. The van der Waals surface area contributed by atoms with E-state index in [0.29, 0.717) is 12.3 Å². The molecule has 0 aliphatic carbocycles. The summed E-state index contributed by atoms with van der Waals surface area (Å²) in [5.74, 6) is 0.546. The SMILES string of the molecule is CC(C)c1ccc(CC(O)c2ccncc2)cc1. The van der Waals surface area contributed by atoms with Gasteiger partial charge >= 0.3 is 0 Å².